The first-order chi connectivity index (χ1) is 15.6. The molecule has 0 atom stereocenters. The van der Waals surface area contributed by atoms with E-state index >= 15 is 0 Å². The van der Waals surface area contributed by atoms with Crippen LogP contribution in [0, 0.1) is 3.57 Å². The zero-order chi connectivity index (χ0) is 23.6. The van der Waals surface area contributed by atoms with E-state index in [0.29, 0.717) is 9.13 Å². The van der Waals surface area contributed by atoms with Gasteiger partial charge in [-0.2, -0.15) is 0 Å². The van der Waals surface area contributed by atoms with Gasteiger partial charge in [0.1, 0.15) is 5.75 Å². The molecule has 0 amide bonds. The van der Waals surface area contributed by atoms with Gasteiger partial charge in [-0.05, 0) is 52.4 Å². The summed E-state index contributed by atoms with van der Waals surface area (Å²) in [6.45, 7) is -0.134. The summed E-state index contributed by atoms with van der Waals surface area (Å²) in [5.41, 5.74) is 0.467. The van der Waals surface area contributed by atoms with Crippen LogP contribution in [0.25, 0.3) is 10.8 Å². The molecule has 0 saturated heterocycles. The Hall–Kier alpha value is -2.86. The van der Waals surface area contributed by atoms with Crippen LogP contribution in [-0.4, -0.2) is 19.8 Å². The summed E-state index contributed by atoms with van der Waals surface area (Å²) in [4.78, 5) is 4.50. The molecule has 4 rings (SSSR count). The number of hydrogen-bond donors (Lipinski definition) is 0. The lowest BCUT2D eigenvalue weighted by Gasteiger charge is -2.25. The van der Waals surface area contributed by atoms with Crippen LogP contribution in [0.4, 0.5) is 19.0 Å². The smallest absolute Gasteiger partial charge is 0.406 e. The number of anilines is 1. The molecule has 0 spiro atoms. The van der Waals surface area contributed by atoms with E-state index in [-0.39, 0.29) is 23.0 Å². The first kappa shape index (κ1) is 23.3. The zero-order valence-corrected chi connectivity index (χ0v) is 19.8. The van der Waals surface area contributed by atoms with E-state index in [1.54, 1.807) is 24.4 Å². The third-order valence-electron chi connectivity index (χ3n) is 4.77. The number of nitrogens with zero attached hydrogens (tertiary/aromatic N) is 2. The normalized spacial score (nSPS) is 12.0. The van der Waals surface area contributed by atoms with Crippen molar-refractivity contribution in [2.75, 3.05) is 4.31 Å². The van der Waals surface area contributed by atoms with Gasteiger partial charge >= 0.3 is 6.36 Å². The summed E-state index contributed by atoms with van der Waals surface area (Å²) < 4.78 is 70.3. The average Bonchev–Trinajstić information content (AvgIpc) is 2.79. The molecule has 5 nitrogen and oxygen atoms in total. The largest absolute Gasteiger partial charge is 0.573 e. The minimum absolute atomic E-state index is 0.0767. The minimum Gasteiger partial charge on any atom is -0.406 e. The lowest BCUT2D eigenvalue weighted by Crippen LogP contribution is -2.32. The maximum absolute atomic E-state index is 13.6. The van der Waals surface area contributed by atoms with E-state index in [1.807, 2.05) is 24.3 Å². The molecule has 10 heteroatoms. The van der Waals surface area contributed by atoms with E-state index in [9.17, 15) is 21.6 Å². The second-order valence-electron chi connectivity index (χ2n) is 7.00. The summed E-state index contributed by atoms with van der Waals surface area (Å²) in [6.07, 6.45) is -3.21. The van der Waals surface area contributed by atoms with E-state index in [4.69, 9.17) is 0 Å². The monoisotopic (exact) mass is 584 g/mol. The molecule has 3 aromatic carbocycles. The molecular weight excluding hydrogens is 568 g/mol. The topological polar surface area (TPSA) is 59.5 Å². The van der Waals surface area contributed by atoms with Crippen LogP contribution in [0.15, 0.2) is 90.0 Å². The van der Waals surface area contributed by atoms with Gasteiger partial charge in [0, 0.05) is 17.0 Å². The van der Waals surface area contributed by atoms with Crippen molar-refractivity contribution in [3.05, 3.63) is 94.2 Å². The van der Waals surface area contributed by atoms with Crippen molar-refractivity contribution in [3.63, 3.8) is 0 Å². The standard InChI is InChI=1S/C23H16F3IN2O3S/c24-23(25,26)32-18-12-10-16(11-13-18)15-29(33(30,31)19-7-2-1-3-8-19)22-21(27)20-9-5-4-6-17(20)14-28-22/h1-14H,15H2. The second-order valence-corrected chi connectivity index (χ2v) is 9.94. The number of alkyl halides is 3. The number of pyridine rings is 1. The van der Waals surface area contributed by atoms with E-state index in [1.165, 1.54) is 24.3 Å². The summed E-state index contributed by atoms with van der Waals surface area (Å²) >= 11 is 2.06. The Morgan fingerprint density at radius 2 is 1.55 bits per heavy atom. The minimum atomic E-state index is -4.81. The molecule has 0 aliphatic heterocycles. The van der Waals surface area contributed by atoms with Crippen molar-refractivity contribution in [1.29, 1.82) is 0 Å². The Morgan fingerprint density at radius 1 is 0.909 bits per heavy atom. The highest BCUT2D eigenvalue weighted by Gasteiger charge is 2.31. The average molecular weight is 584 g/mol. The summed E-state index contributed by atoms with van der Waals surface area (Å²) in [6, 6.07) is 20.5. The number of fused-ring (bicyclic) bond motifs is 1. The molecule has 0 N–H and O–H groups in total. The molecule has 4 aromatic rings. The number of hydrogen-bond acceptors (Lipinski definition) is 4. The molecule has 0 bridgehead atoms. The maximum Gasteiger partial charge on any atom is 0.573 e. The van der Waals surface area contributed by atoms with Gasteiger partial charge in [0.25, 0.3) is 10.0 Å². The molecule has 0 unspecified atom stereocenters. The lowest BCUT2D eigenvalue weighted by molar-refractivity contribution is -0.274. The fraction of sp³-hybridized carbons (Fsp3) is 0.0870. The van der Waals surface area contributed by atoms with Gasteiger partial charge in [-0.15, -0.1) is 13.2 Å². The fourth-order valence-electron chi connectivity index (χ4n) is 3.25. The molecule has 0 aliphatic rings. The van der Waals surface area contributed by atoms with Crippen molar-refractivity contribution in [1.82, 2.24) is 4.98 Å². The van der Waals surface area contributed by atoms with E-state index < -0.39 is 16.4 Å². The zero-order valence-electron chi connectivity index (χ0n) is 16.8. The lowest BCUT2D eigenvalue weighted by atomic mass is 10.2. The highest BCUT2D eigenvalue weighted by molar-refractivity contribution is 14.1. The number of aromatic nitrogens is 1. The van der Waals surface area contributed by atoms with Crippen LogP contribution in [0.5, 0.6) is 5.75 Å². The first-order valence-electron chi connectivity index (χ1n) is 9.61. The van der Waals surface area contributed by atoms with Gasteiger partial charge in [-0.25, -0.2) is 17.7 Å². The van der Waals surface area contributed by atoms with Crippen molar-refractivity contribution < 1.29 is 26.3 Å². The van der Waals surface area contributed by atoms with Gasteiger partial charge in [0.15, 0.2) is 5.82 Å². The maximum atomic E-state index is 13.6. The predicted octanol–water partition coefficient (Wildman–Crippen LogP) is 6.13. The fourth-order valence-corrected chi connectivity index (χ4v) is 5.77. The molecule has 0 saturated carbocycles. The number of rotatable bonds is 6. The Morgan fingerprint density at radius 3 is 2.21 bits per heavy atom. The van der Waals surface area contributed by atoms with Gasteiger partial charge in [0.2, 0.25) is 0 Å². The Bertz CT molecular complexity index is 1380. The van der Waals surface area contributed by atoms with Crippen molar-refractivity contribution in [2.24, 2.45) is 0 Å². The molecule has 0 radical (unpaired) electrons. The van der Waals surface area contributed by atoms with Crippen molar-refractivity contribution in [2.45, 2.75) is 17.8 Å². The highest BCUT2D eigenvalue weighted by Crippen LogP contribution is 2.33. The molecule has 170 valence electrons. The van der Waals surface area contributed by atoms with Crippen LogP contribution in [0.3, 0.4) is 0 Å². The number of sulfonamides is 1. The Balaban J connectivity index is 1.78. The molecule has 1 heterocycles. The van der Waals surface area contributed by atoms with Gasteiger partial charge in [-0.1, -0.05) is 54.6 Å². The number of ether oxygens (including phenoxy) is 1. The van der Waals surface area contributed by atoms with Gasteiger partial charge in [0.05, 0.1) is 15.0 Å². The molecule has 0 aliphatic carbocycles. The number of benzene rings is 3. The van der Waals surface area contributed by atoms with Crippen LogP contribution in [0.2, 0.25) is 0 Å². The van der Waals surface area contributed by atoms with Gasteiger partial charge < -0.3 is 4.74 Å². The molecule has 33 heavy (non-hydrogen) atoms. The first-order valence-corrected chi connectivity index (χ1v) is 12.1. The third kappa shape index (κ3) is 5.22. The highest BCUT2D eigenvalue weighted by atomic mass is 127. The molecular formula is C23H16F3IN2O3S. The van der Waals surface area contributed by atoms with E-state index in [0.717, 1.165) is 27.2 Å². The van der Waals surface area contributed by atoms with Crippen LogP contribution in [0.1, 0.15) is 5.56 Å². The second kappa shape index (κ2) is 9.18. The Labute approximate surface area is 202 Å². The van der Waals surface area contributed by atoms with E-state index in [2.05, 4.69) is 32.3 Å². The van der Waals surface area contributed by atoms with Crippen LogP contribution in [-0.2, 0) is 16.6 Å². The third-order valence-corrected chi connectivity index (χ3v) is 7.58. The van der Waals surface area contributed by atoms with Crippen LogP contribution >= 0.6 is 22.6 Å². The van der Waals surface area contributed by atoms with Crippen LogP contribution < -0.4 is 9.04 Å². The van der Waals surface area contributed by atoms with Crippen molar-refractivity contribution in [3.8, 4) is 5.75 Å². The van der Waals surface area contributed by atoms with Crippen molar-refractivity contribution >= 4 is 49.2 Å². The predicted molar refractivity (Wildman–Crippen MR) is 127 cm³/mol. The quantitative estimate of drug-likeness (QED) is 0.256. The molecule has 1 aromatic heterocycles. The Kier molecular flexibility index (Phi) is 6.48. The van der Waals surface area contributed by atoms with Gasteiger partial charge in [-0.3, -0.25) is 0 Å². The SMILES string of the molecule is O=S(=O)(c1ccccc1)N(Cc1ccc(OC(F)(F)F)cc1)c1ncc2ccccc2c1I. The summed E-state index contributed by atoms with van der Waals surface area (Å²) in [5.74, 6) is -0.157. The summed E-state index contributed by atoms with van der Waals surface area (Å²) in [7, 11) is -4.03. The summed E-state index contributed by atoms with van der Waals surface area (Å²) in [5, 5.41) is 1.70. The number of halogens is 4. The molecule has 0 fully saturated rings.